The third-order valence-corrected chi connectivity index (χ3v) is 4.59. The van der Waals surface area contributed by atoms with Crippen LogP contribution >= 0.6 is 0 Å². The van der Waals surface area contributed by atoms with Gasteiger partial charge >= 0.3 is 0 Å². The molecule has 21 heavy (non-hydrogen) atoms. The molecular weight excluding hydrogens is 258 g/mol. The van der Waals surface area contributed by atoms with Gasteiger partial charge in [-0.05, 0) is 55.3 Å². The number of nitrogens with one attached hydrogen (secondary N) is 1. The minimum Gasteiger partial charge on any atom is -0.489 e. The molecule has 0 heterocycles. The Morgan fingerprint density at radius 1 is 1.10 bits per heavy atom. The van der Waals surface area contributed by atoms with E-state index in [1.54, 1.807) is 0 Å². The van der Waals surface area contributed by atoms with E-state index < -0.39 is 0 Å². The number of benzene rings is 1. The molecule has 1 N–H and O–H groups in total. The average molecular weight is 289 g/mol. The van der Waals surface area contributed by atoms with Crippen molar-refractivity contribution in [3.63, 3.8) is 0 Å². The van der Waals surface area contributed by atoms with Gasteiger partial charge in [0.25, 0.3) is 0 Å². The number of hydrogen-bond donors (Lipinski definition) is 1. The Kier molecular flexibility index (Phi) is 6.10. The minimum absolute atomic E-state index is 0.290. The molecule has 1 aromatic rings. The monoisotopic (exact) mass is 289 g/mol. The molecule has 118 valence electrons. The molecule has 0 aliphatic heterocycles. The van der Waals surface area contributed by atoms with Gasteiger partial charge in [0.2, 0.25) is 0 Å². The van der Waals surface area contributed by atoms with Crippen molar-refractivity contribution in [1.29, 1.82) is 0 Å². The fraction of sp³-hybridized carbons (Fsp3) is 0.684. The molecule has 0 aromatic heterocycles. The van der Waals surface area contributed by atoms with Crippen LogP contribution in [-0.2, 0) is 6.42 Å². The third-order valence-electron chi connectivity index (χ3n) is 4.59. The van der Waals surface area contributed by atoms with Crippen LogP contribution in [-0.4, -0.2) is 18.7 Å². The molecule has 0 amide bonds. The van der Waals surface area contributed by atoms with Gasteiger partial charge in [0.1, 0.15) is 11.9 Å². The van der Waals surface area contributed by atoms with Crippen LogP contribution in [0, 0.1) is 11.8 Å². The lowest BCUT2D eigenvalue weighted by Gasteiger charge is -2.40. The van der Waals surface area contributed by atoms with E-state index in [1.165, 1.54) is 24.8 Å². The summed E-state index contributed by atoms with van der Waals surface area (Å²) in [5, 5.41) is 3.62. The van der Waals surface area contributed by atoms with E-state index >= 15 is 0 Å². The summed E-state index contributed by atoms with van der Waals surface area (Å²) in [6, 6.07) is 9.16. The van der Waals surface area contributed by atoms with Crippen LogP contribution in [0.3, 0.4) is 0 Å². The Balaban J connectivity index is 2.04. The maximum absolute atomic E-state index is 6.35. The standard InChI is InChI=1S/C19H31NO/c1-5-7-16-8-10-17(11-9-16)21-19-15(4)12-14(3)13-18(19)20-6-2/h8-11,14-15,18-20H,5-7,12-13H2,1-4H3. The topological polar surface area (TPSA) is 21.3 Å². The summed E-state index contributed by atoms with van der Waals surface area (Å²) < 4.78 is 6.35. The average Bonchev–Trinajstić information content (AvgIpc) is 2.45. The quantitative estimate of drug-likeness (QED) is 0.836. The summed E-state index contributed by atoms with van der Waals surface area (Å²) in [6.45, 7) is 10.1. The van der Waals surface area contributed by atoms with Crippen molar-refractivity contribution in [1.82, 2.24) is 5.32 Å². The summed E-state index contributed by atoms with van der Waals surface area (Å²) >= 11 is 0. The molecule has 1 aliphatic rings. The second kappa shape index (κ2) is 7.84. The summed E-state index contributed by atoms with van der Waals surface area (Å²) in [5.74, 6) is 2.41. The first-order valence-corrected chi connectivity index (χ1v) is 8.63. The zero-order chi connectivity index (χ0) is 15.2. The molecule has 4 atom stereocenters. The predicted octanol–water partition coefficient (Wildman–Crippen LogP) is 4.43. The Hall–Kier alpha value is -1.02. The molecule has 2 heteroatoms. The number of hydrogen-bond acceptors (Lipinski definition) is 2. The smallest absolute Gasteiger partial charge is 0.119 e. The number of aryl methyl sites for hydroxylation is 1. The predicted molar refractivity (Wildman–Crippen MR) is 89.9 cm³/mol. The molecule has 0 bridgehead atoms. The highest BCUT2D eigenvalue weighted by Gasteiger charge is 2.35. The van der Waals surface area contributed by atoms with E-state index in [2.05, 4.69) is 57.3 Å². The number of rotatable bonds is 6. The first-order chi connectivity index (χ1) is 10.1. The van der Waals surface area contributed by atoms with Crippen LogP contribution in [0.4, 0.5) is 0 Å². The lowest BCUT2D eigenvalue weighted by atomic mass is 9.78. The van der Waals surface area contributed by atoms with Crippen molar-refractivity contribution in [2.75, 3.05) is 6.54 Å². The molecule has 1 aliphatic carbocycles. The van der Waals surface area contributed by atoms with Gasteiger partial charge in [0, 0.05) is 6.04 Å². The minimum atomic E-state index is 0.290. The van der Waals surface area contributed by atoms with E-state index in [0.29, 0.717) is 12.0 Å². The highest BCUT2D eigenvalue weighted by Crippen LogP contribution is 2.32. The zero-order valence-corrected chi connectivity index (χ0v) is 14.1. The van der Waals surface area contributed by atoms with Gasteiger partial charge in [0.15, 0.2) is 0 Å². The van der Waals surface area contributed by atoms with Crippen LogP contribution in [0.25, 0.3) is 0 Å². The Morgan fingerprint density at radius 2 is 1.81 bits per heavy atom. The van der Waals surface area contributed by atoms with Crippen molar-refractivity contribution in [2.45, 2.75) is 65.5 Å². The van der Waals surface area contributed by atoms with Gasteiger partial charge in [-0.25, -0.2) is 0 Å². The second-order valence-electron chi connectivity index (χ2n) is 6.69. The fourth-order valence-corrected chi connectivity index (χ4v) is 3.67. The molecule has 1 aromatic carbocycles. The van der Waals surface area contributed by atoms with Crippen LogP contribution in [0.5, 0.6) is 5.75 Å². The van der Waals surface area contributed by atoms with Crippen LogP contribution in [0.15, 0.2) is 24.3 Å². The van der Waals surface area contributed by atoms with Gasteiger partial charge in [-0.15, -0.1) is 0 Å². The van der Waals surface area contributed by atoms with Crippen LogP contribution in [0.1, 0.15) is 52.5 Å². The zero-order valence-electron chi connectivity index (χ0n) is 14.1. The summed E-state index contributed by atoms with van der Waals surface area (Å²) in [5.41, 5.74) is 1.40. The maximum Gasteiger partial charge on any atom is 0.119 e. The van der Waals surface area contributed by atoms with Gasteiger partial charge in [-0.2, -0.15) is 0 Å². The van der Waals surface area contributed by atoms with E-state index in [1.807, 2.05) is 0 Å². The molecule has 4 unspecified atom stereocenters. The van der Waals surface area contributed by atoms with Crippen molar-refractivity contribution in [2.24, 2.45) is 11.8 Å². The lowest BCUT2D eigenvalue weighted by molar-refractivity contribution is 0.0483. The first-order valence-electron chi connectivity index (χ1n) is 8.63. The van der Waals surface area contributed by atoms with Crippen LogP contribution in [0.2, 0.25) is 0 Å². The lowest BCUT2D eigenvalue weighted by Crippen LogP contribution is -2.50. The van der Waals surface area contributed by atoms with Crippen molar-refractivity contribution in [3.05, 3.63) is 29.8 Å². The number of likely N-dealkylation sites (N-methyl/N-ethyl adjacent to an activating group) is 1. The van der Waals surface area contributed by atoms with Crippen molar-refractivity contribution < 1.29 is 4.74 Å². The SMILES string of the molecule is CCCc1ccc(OC2C(C)CC(C)CC2NCC)cc1. The Morgan fingerprint density at radius 3 is 2.43 bits per heavy atom. The van der Waals surface area contributed by atoms with E-state index in [4.69, 9.17) is 4.74 Å². The molecule has 1 fully saturated rings. The molecule has 2 rings (SSSR count). The highest BCUT2D eigenvalue weighted by molar-refractivity contribution is 5.27. The van der Waals surface area contributed by atoms with Crippen molar-refractivity contribution >= 4 is 0 Å². The van der Waals surface area contributed by atoms with Gasteiger partial charge in [-0.1, -0.05) is 46.2 Å². The molecule has 1 saturated carbocycles. The molecule has 0 radical (unpaired) electrons. The second-order valence-corrected chi connectivity index (χ2v) is 6.69. The fourth-order valence-electron chi connectivity index (χ4n) is 3.67. The van der Waals surface area contributed by atoms with Gasteiger partial charge in [-0.3, -0.25) is 0 Å². The van der Waals surface area contributed by atoms with E-state index in [9.17, 15) is 0 Å². The van der Waals surface area contributed by atoms with Gasteiger partial charge in [0.05, 0.1) is 0 Å². The van der Waals surface area contributed by atoms with Crippen molar-refractivity contribution in [3.8, 4) is 5.75 Å². The van der Waals surface area contributed by atoms with E-state index in [-0.39, 0.29) is 6.10 Å². The Bertz CT molecular complexity index is 414. The molecular formula is C19H31NO. The van der Waals surface area contributed by atoms with E-state index in [0.717, 1.165) is 24.6 Å². The molecule has 0 spiro atoms. The normalized spacial score (nSPS) is 29.3. The summed E-state index contributed by atoms with van der Waals surface area (Å²) in [6.07, 6.45) is 5.12. The summed E-state index contributed by atoms with van der Waals surface area (Å²) in [7, 11) is 0. The molecule has 0 saturated heterocycles. The van der Waals surface area contributed by atoms with Gasteiger partial charge < -0.3 is 10.1 Å². The summed E-state index contributed by atoms with van der Waals surface area (Å²) in [4.78, 5) is 0. The maximum atomic E-state index is 6.35. The molecule has 2 nitrogen and oxygen atoms in total. The number of ether oxygens (including phenoxy) is 1. The Labute approximate surface area is 130 Å². The first kappa shape index (κ1) is 16.4. The van der Waals surface area contributed by atoms with Crippen LogP contribution < -0.4 is 10.1 Å². The largest absolute Gasteiger partial charge is 0.489 e. The third kappa shape index (κ3) is 4.47. The highest BCUT2D eigenvalue weighted by atomic mass is 16.5.